The van der Waals surface area contributed by atoms with Crippen molar-refractivity contribution in [3.8, 4) is 5.75 Å². The average molecular weight is 450 g/mol. The van der Waals surface area contributed by atoms with Gasteiger partial charge in [-0.05, 0) is 76.3 Å². The number of hydrogen-bond donors (Lipinski definition) is 1. The first kappa shape index (κ1) is 20.9. The second-order valence-electron chi connectivity index (χ2n) is 6.83. The minimum absolute atomic E-state index is 0.172. The molecule has 148 valence electrons. The van der Waals surface area contributed by atoms with E-state index in [9.17, 15) is 4.79 Å². The van der Waals surface area contributed by atoms with Crippen molar-refractivity contribution in [2.75, 3.05) is 5.32 Å². The second-order valence-corrected chi connectivity index (χ2v) is 7.69. The van der Waals surface area contributed by atoms with Crippen molar-refractivity contribution in [1.29, 1.82) is 0 Å². The highest BCUT2D eigenvalue weighted by atomic mass is 79.9. The number of hydrogen-bond acceptors (Lipinski definition) is 2. The number of aryl methyl sites for hydroxylation is 2. The van der Waals surface area contributed by atoms with Gasteiger partial charge in [0.2, 0.25) is 5.91 Å². The van der Waals surface area contributed by atoms with Gasteiger partial charge in [-0.25, -0.2) is 0 Å². The maximum absolute atomic E-state index is 12.2. The Bertz CT molecular complexity index is 992. The number of carbonyl (C=O) groups excluding carboxylic acids is 1. The van der Waals surface area contributed by atoms with Gasteiger partial charge in [0.1, 0.15) is 12.4 Å². The van der Waals surface area contributed by atoms with Crippen LogP contribution in [0.4, 0.5) is 5.69 Å². The van der Waals surface area contributed by atoms with Crippen LogP contribution in [0.25, 0.3) is 6.08 Å². The molecule has 3 aromatic carbocycles. The Labute approximate surface area is 180 Å². The number of ether oxygens (including phenoxy) is 1. The molecule has 0 atom stereocenters. The van der Waals surface area contributed by atoms with Crippen molar-refractivity contribution in [3.05, 3.63) is 99.5 Å². The van der Waals surface area contributed by atoms with E-state index in [1.54, 1.807) is 6.08 Å². The van der Waals surface area contributed by atoms with Gasteiger partial charge in [0.05, 0.1) is 5.69 Å². The minimum Gasteiger partial charge on any atom is -0.489 e. The van der Waals surface area contributed by atoms with Crippen molar-refractivity contribution in [3.63, 3.8) is 0 Å². The van der Waals surface area contributed by atoms with Crippen LogP contribution in [-0.2, 0) is 17.8 Å². The summed E-state index contributed by atoms with van der Waals surface area (Å²) in [6, 6.07) is 21.9. The molecule has 0 fully saturated rings. The zero-order valence-corrected chi connectivity index (χ0v) is 18.2. The molecule has 0 saturated heterocycles. The fraction of sp³-hybridized carbons (Fsp3) is 0.160. The van der Waals surface area contributed by atoms with Crippen LogP contribution in [0.2, 0.25) is 0 Å². The van der Waals surface area contributed by atoms with E-state index in [-0.39, 0.29) is 5.91 Å². The third-order valence-corrected chi connectivity index (χ3v) is 5.19. The molecule has 1 amide bonds. The fourth-order valence-corrected chi connectivity index (χ4v) is 3.28. The topological polar surface area (TPSA) is 38.3 Å². The highest BCUT2D eigenvalue weighted by Gasteiger charge is 2.04. The van der Waals surface area contributed by atoms with Crippen molar-refractivity contribution < 1.29 is 9.53 Å². The van der Waals surface area contributed by atoms with Crippen LogP contribution in [0.3, 0.4) is 0 Å². The summed E-state index contributed by atoms with van der Waals surface area (Å²) >= 11 is 3.50. The zero-order valence-electron chi connectivity index (χ0n) is 16.6. The summed E-state index contributed by atoms with van der Waals surface area (Å²) in [5.74, 6) is 0.627. The lowest BCUT2D eigenvalue weighted by Crippen LogP contribution is -2.08. The monoisotopic (exact) mass is 449 g/mol. The number of anilines is 1. The number of carbonyl (C=O) groups is 1. The van der Waals surface area contributed by atoms with Crippen LogP contribution in [0.5, 0.6) is 5.75 Å². The molecule has 0 radical (unpaired) electrons. The molecular weight excluding hydrogens is 426 g/mol. The maximum Gasteiger partial charge on any atom is 0.248 e. The molecule has 3 aromatic rings. The molecule has 0 aromatic heterocycles. The molecule has 0 aliphatic rings. The lowest BCUT2D eigenvalue weighted by Gasteiger charge is -2.07. The van der Waals surface area contributed by atoms with Gasteiger partial charge in [0.15, 0.2) is 0 Å². The standard InChI is InChI=1S/C25H24BrNO2/c1-3-19-10-14-24(23(26)16-19)27-25(28)15-11-20-8-12-22(13-9-20)29-17-21-6-4-18(2)5-7-21/h4-16H,3,17H2,1-2H3,(H,27,28)/b15-11+. The zero-order chi connectivity index (χ0) is 20.6. The largest absolute Gasteiger partial charge is 0.489 e. The van der Waals surface area contributed by atoms with Gasteiger partial charge in [-0.3, -0.25) is 4.79 Å². The molecule has 0 saturated carbocycles. The van der Waals surface area contributed by atoms with E-state index in [4.69, 9.17) is 4.74 Å². The molecule has 0 bridgehead atoms. The van der Waals surface area contributed by atoms with Gasteiger partial charge >= 0.3 is 0 Å². The first-order valence-corrected chi connectivity index (χ1v) is 10.4. The van der Waals surface area contributed by atoms with Gasteiger partial charge in [-0.15, -0.1) is 0 Å². The van der Waals surface area contributed by atoms with Gasteiger partial charge in [0, 0.05) is 10.5 Å². The second kappa shape index (κ2) is 10.1. The summed E-state index contributed by atoms with van der Waals surface area (Å²) in [6.07, 6.45) is 4.27. The molecule has 3 rings (SSSR count). The third-order valence-electron chi connectivity index (χ3n) is 4.53. The van der Waals surface area contributed by atoms with Crippen LogP contribution < -0.4 is 10.1 Å². The molecule has 3 nitrogen and oxygen atoms in total. The summed E-state index contributed by atoms with van der Waals surface area (Å²) in [4.78, 5) is 12.2. The molecule has 29 heavy (non-hydrogen) atoms. The molecule has 4 heteroatoms. The molecule has 0 aliphatic carbocycles. The van der Waals surface area contributed by atoms with E-state index in [0.29, 0.717) is 6.61 Å². The van der Waals surface area contributed by atoms with Gasteiger partial charge in [-0.2, -0.15) is 0 Å². The van der Waals surface area contributed by atoms with Crippen molar-refractivity contribution in [2.24, 2.45) is 0 Å². The number of amides is 1. The van der Waals surface area contributed by atoms with Gasteiger partial charge in [-0.1, -0.05) is 55.0 Å². The summed E-state index contributed by atoms with van der Waals surface area (Å²) in [5.41, 5.74) is 5.28. The van der Waals surface area contributed by atoms with Crippen LogP contribution >= 0.6 is 15.9 Å². The third kappa shape index (κ3) is 6.33. The minimum atomic E-state index is -0.172. The maximum atomic E-state index is 12.2. The number of rotatable bonds is 7. The first-order valence-electron chi connectivity index (χ1n) is 9.59. The number of nitrogens with one attached hydrogen (secondary N) is 1. The van der Waals surface area contributed by atoms with Crippen LogP contribution in [0, 0.1) is 6.92 Å². The van der Waals surface area contributed by atoms with Gasteiger partial charge < -0.3 is 10.1 Å². The Balaban J connectivity index is 1.53. The van der Waals surface area contributed by atoms with Crippen molar-refractivity contribution in [2.45, 2.75) is 26.9 Å². The average Bonchev–Trinajstić information content (AvgIpc) is 2.74. The predicted molar refractivity (Wildman–Crippen MR) is 123 cm³/mol. The van der Waals surface area contributed by atoms with E-state index in [1.165, 1.54) is 17.2 Å². The molecule has 0 spiro atoms. The summed E-state index contributed by atoms with van der Waals surface area (Å²) in [7, 11) is 0. The molecular formula is C25H24BrNO2. The summed E-state index contributed by atoms with van der Waals surface area (Å²) < 4.78 is 6.70. The van der Waals surface area contributed by atoms with Crippen LogP contribution in [0.1, 0.15) is 29.2 Å². The van der Waals surface area contributed by atoms with E-state index in [0.717, 1.165) is 33.5 Å². The smallest absolute Gasteiger partial charge is 0.248 e. The summed E-state index contributed by atoms with van der Waals surface area (Å²) in [6.45, 7) is 4.70. The van der Waals surface area contributed by atoms with E-state index in [2.05, 4.69) is 59.4 Å². The van der Waals surface area contributed by atoms with E-state index >= 15 is 0 Å². The molecule has 0 unspecified atom stereocenters. The normalized spacial score (nSPS) is 10.9. The lowest BCUT2D eigenvalue weighted by atomic mass is 10.1. The Hall–Kier alpha value is -2.85. The quantitative estimate of drug-likeness (QED) is 0.415. The fourth-order valence-electron chi connectivity index (χ4n) is 2.75. The lowest BCUT2D eigenvalue weighted by molar-refractivity contribution is -0.111. The molecule has 0 aliphatic heterocycles. The molecule has 0 heterocycles. The number of halogens is 1. The number of benzene rings is 3. The van der Waals surface area contributed by atoms with E-state index < -0.39 is 0 Å². The van der Waals surface area contributed by atoms with Crippen LogP contribution in [-0.4, -0.2) is 5.91 Å². The van der Waals surface area contributed by atoms with Crippen LogP contribution in [0.15, 0.2) is 77.3 Å². The Morgan fingerprint density at radius 2 is 1.69 bits per heavy atom. The Morgan fingerprint density at radius 1 is 1.00 bits per heavy atom. The highest BCUT2D eigenvalue weighted by Crippen LogP contribution is 2.24. The SMILES string of the molecule is CCc1ccc(NC(=O)/C=C/c2ccc(OCc3ccc(C)cc3)cc2)c(Br)c1. The van der Waals surface area contributed by atoms with Crippen molar-refractivity contribution in [1.82, 2.24) is 0 Å². The van der Waals surface area contributed by atoms with E-state index in [1.807, 2.05) is 42.5 Å². The predicted octanol–water partition coefficient (Wildman–Crippen LogP) is 6.55. The highest BCUT2D eigenvalue weighted by molar-refractivity contribution is 9.10. The first-order chi connectivity index (χ1) is 14.0. The molecule has 1 N–H and O–H groups in total. The Morgan fingerprint density at radius 3 is 2.34 bits per heavy atom. The van der Waals surface area contributed by atoms with Crippen molar-refractivity contribution >= 4 is 33.6 Å². The van der Waals surface area contributed by atoms with Gasteiger partial charge in [0.25, 0.3) is 0 Å². The Kier molecular flexibility index (Phi) is 7.25. The summed E-state index contributed by atoms with van der Waals surface area (Å²) in [5, 5.41) is 2.89.